The fraction of sp³-hybridized carbons (Fsp3) is 0.292. The number of benzene rings is 2. The van der Waals surface area contributed by atoms with Gasteiger partial charge in [-0.1, -0.05) is 36.4 Å². The molecule has 170 valence electrons. The van der Waals surface area contributed by atoms with Gasteiger partial charge in [-0.2, -0.15) is 18.3 Å². The molecule has 5 rings (SSSR count). The normalized spacial score (nSPS) is 15.9. The number of rotatable bonds is 3. The van der Waals surface area contributed by atoms with Crippen molar-refractivity contribution in [1.29, 1.82) is 0 Å². The highest BCUT2D eigenvalue weighted by atomic mass is 19.4. The fourth-order valence-electron chi connectivity index (χ4n) is 4.34. The first-order valence-electron chi connectivity index (χ1n) is 10.7. The highest BCUT2D eigenvalue weighted by Crippen LogP contribution is 2.29. The van der Waals surface area contributed by atoms with Crippen LogP contribution in [0.5, 0.6) is 0 Å². The van der Waals surface area contributed by atoms with Crippen LogP contribution in [0.15, 0.2) is 54.6 Å². The Morgan fingerprint density at radius 1 is 0.970 bits per heavy atom. The molecule has 0 radical (unpaired) electrons. The van der Waals surface area contributed by atoms with Gasteiger partial charge in [-0.15, -0.1) is 0 Å². The first-order valence-corrected chi connectivity index (χ1v) is 10.7. The van der Waals surface area contributed by atoms with Gasteiger partial charge in [-0.05, 0) is 35.2 Å². The molecule has 9 heteroatoms. The van der Waals surface area contributed by atoms with Crippen LogP contribution in [0.4, 0.5) is 13.2 Å². The van der Waals surface area contributed by atoms with E-state index in [2.05, 4.69) is 11.2 Å². The summed E-state index contributed by atoms with van der Waals surface area (Å²) in [6, 6.07) is 14.3. The van der Waals surface area contributed by atoms with Crippen molar-refractivity contribution in [1.82, 2.24) is 19.6 Å². The van der Waals surface area contributed by atoms with Crippen molar-refractivity contribution in [3.8, 4) is 0 Å². The van der Waals surface area contributed by atoms with E-state index >= 15 is 0 Å². The van der Waals surface area contributed by atoms with E-state index in [4.69, 9.17) is 0 Å². The maximum Gasteiger partial charge on any atom is 0.416 e. The molecule has 0 spiro atoms. The Bertz CT molecular complexity index is 1220. The van der Waals surface area contributed by atoms with E-state index in [0.717, 1.165) is 24.1 Å². The van der Waals surface area contributed by atoms with E-state index < -0.39 is 11.7 Å². The van der Waals surface area contributed by atoms with Crippen molar-refractivity contribution in [3.05, 3.63) is 88.2 Å². The molecule has 0 bridgehead atoms. The molecule has 0 fully saturated rings. The lowest BCUT2D eigenvalue weighted by atomic mass is 10.00. The molecule has 0 aliphatic carbocycles. The summed E-state index contributed by atoms with van der Waals surface area (Å²) in [6.07, 6.45) is -3.62. The average molecular weight is 454 g/mol. The molecule has 2 amide bonds. The molecule has 2 aliphatic rings. The van der Waals surface area contributed by atoms with Gasteiger partial charge >= 0.3 is 6.18 Å². The number of halogens is 3. The van der Waals surface area contributed by atoms with Crippen LogP contribution in [0.1, 0.15) is 43.2 Å². The Kier molecular flexibility index (Phi) is 5.19. The largest absolute Gasteiger partial charge is 0.416 e. The number of nitrogens with zero attached hydrogens (tertiary/aromatic N) is 4. The number of alkyl halides is 3. The van der Waals surface area contributed by atoms with Crippen molar-refractivity contribution in [3.63, 3.8) is 0 Å². The summed E-state index contributed by atoms with van der Waals surface area (Å²) in [5.74, 6) is -0.509. The number of hydrogen-bond donors (Lipinski definition) is 0. The van der Waals surface area contributed by atoms with Crippen LogP contribution in [0.3, 0.4) is 0 Å². The van der Waals surface area contributed by atoms with E-state index in [0.29, 0.717) is 37.4 Å². The molecule has 2 aliphatic heterocycles. The Hall–Kier alpha value is -3.62. The standard InChI is InChI=1S/C24H21F3N4O2/c25-24(26,27)19-7-5-16(6-8-19)14-30-11-12-31-21(23(30)33)13-20(28-31)22(32)29-10-9-17-3-1-2-4-18(17)15-29/h1-8,13H,9-12,14-15H2. The Morgan fingerprint density at radius 2 is 1.70 bits per heavy atom. The lowest BCUT2D eigenvalue weighted by Gasteiger charge is -2.28. The number of fused-ring (bicyclic) bond motifs is 2. The smallest absolute Gasteiger partial charge is 0.333 e. The molecule has 2 aromatic carbocycles. The number of aromatic nitrogens is 2. The molecule has 1 aromatic heterocycles. The maximum atomic E-state index is 13.1. The predicted octanol–water partition coefficient (Wildman–Crippen LogP) is 3.76. The highest BCUT2D eigenvalue weighted by molar-refractivity contribution is 5.98. The van der Waals surface area contributed by atoms with Crippen LogP contribution in [-0.4, -0.2) is 44.5 Å². The second-order valence-corrected chi connectivity index (χ2v) is 8.30. The van der Waals surface area contributed by atoms with Gasteiger partial charge in [0, 0.05) is 32.2 Å². The summed E-state index contributed by atoms with van der Waals surface area (Å²) in [6.45, 7) is 2.06. The molecule has 3 heterocycles. The summed E-state index contributed by atoms with van der Waals surface area (Å²) in [7, 11) is 0. The zero-order valence-electron chi connectivity index (χ0n) is 17.7. The number of carbonyl (C=O) groups is 2. The number of hydrogen-bond acceptors (Lipinski definition) is 3. The van der Waals surface area contributed by atoms with Gasteiger partial charge in [0.05, 0.1) is 12.1 Å². The van der Waals surface area contributed by atoms with Gasteiger partial charge in [0.1, 0.15) is 5.69 Å². The van der Waals surface area contributed by atoms with Crippen LogP contribution in [0.25, 0.3) is 0 Å². The molecule has 0 N–H and O–H groups in total. The Balaban J connectivity index is 1.29. The third-order valence-corrected chi connectivity index (χ3v) is 6.16. The van der Waals surface area contributed by atoms with Crippen LogP contribution in [0.2, 0.25) is 0 Å². The van der Waals surface area contributed by atoms with Crippen LogP contribution < -0.4 is 0 Å². The summed E-state index contributed by atoms with van der Waals surface area (Å²) in [4.78, 5) is 29.3. The summed E-state index contributed by atoms with van der Waals surface area (Å²) >= 11 is 0. The van der Waals surface area contributed by atoms with Crippen LogP contribution in [0, 0.1) is 0 Å². The minimum atomic E-state index is -4.40. The second-order valence-electron chi connectivity index (χ2n) is 8.30. The third-order valence-electron chi connectivity index (χ3n) is 6.16. The zero-order valence-corrected chi connectivity index (χ0v) is 17.7. The first kappa shape index (κ1) is 21.2. The molecule has 0 saturated carbocycles. The van der Waals surface area contributed by atoms with E-state index in [1.54, 1.807) is 9.80 Å². The van der Waals surface area contributed by atoms with Gasteiger partial charge in [0.2, 0.25) is 0 Å². The number of carbonyl (C=O) groups excluding carboxylic acids is 2. The SMILES string of the molecule is O=C(c1cc2n(n1)CCN(Cc1ccc(C(F)(F)F)cc1)C2=O)N1CCc2ccccc2C1. The molecule has 3 aromatic rings. The lowest BCUT2D eigenvalue weighted by molar-refractivity contribution is -0.137. The molecular weight excluding hydrogens is 433 g/mol. The van der Waals surface area contributed by atoms with E-state index in [9.17, 15) is 22.8 Å². The third kappa shape index (κ3) is 4.10. The van der Waals surface area contributed by atoms with E-state index in [-0.39, 0.29) is 24.1 Å². The lowest BCUT2D eigenvalue weighted by Crippen LogP contribution is -2.39. The first-order chi connectivity index (χ1) is 15.8. The summed E-state index contributed by atoms with van der Waals surface area (Å²) < 4.78 is 39.9. The van der Waals surface area contributed by atoms with E-state index in [1.165, 1.54) is 28.4 Å². The second kappa shape index (κ2) is 8.06. The van der Waals surface area contributed by atoms with Crippen molar-refractivity contribution in [2.75, 3.05) is 13.1 Å². The van der Waals surface area contributed by atoms with Gasteiger partial charge < -0.3 is 9.80 Å². The molecular formula is C24H21F3N4O2. The predicted molar refractivity (Wildman–Crippen MR) is 113 cm³/mol. The summed E-state index contributed by atoms with van der Waals surface area (Å²) in [5.41, 5.74) is 2.77. The molecule has 6 nitrogen and oxygen atoms in total. The minimum absolute atomic E-state index is 0.189. The highest BCUT2D eigenvalue weighted by Gasteiger charge is 2.32. The van der Waals surface area contributed by atoms with Crippen molar-refractivity contribution in [2.24, 2.45) is 0 Å². The summed E-state index contributed by atoms with van der Waals surface area (Å²) in [5, 5.41) is 4.37. The quantitative estimate of drug-likeness (QED) is 0.606. The molecule has 0 unspecified atom stereocenters. The fourth-order valence-corrected chi connectivity index (χ4v) is 4.34. The zero-order chi connectivity index (χ0) is 23.2. The Morgan fingerprint density at radius 3 is 2.42 bits per heavy atom. The van der Waals surface area contributed by atoms with Crippen molar-refractivity contribution >= 4 is 11.8 Å². The van der Waals surface area contributed by atoms with E-state index in [1.807, 2.05) is 18.2 Å². The Labute approximate surface area is 188 Å². The van der Waals surface area contributed by atoms with Gasteiger partial charge in [0.15, 0.2) is 5.69 Å². The molecule has 0 atom stereocenters. The van der Waals surface area contributed by atoms with Crippen molar-refractivity contribution in [2.45, 2.75) is 32.2 Å². The minimum Gasteiger partial charge on any atom is -0.333 e. The average Bonchev–Trinajstić information content (AvgIpc) is 3.25. The molecule has 33 heavy (non-hydrogen) atoms. The van der Waals surface area contributed by atoms with Crippen molar-refractivity contribution < 1.29 is 22.8 Å². The van der Waals surface area contributed by atoms with Gasteiger partial charge in [0.25, 0.3) is 11.8 Å². The number of amides is 2. The maximum absolute atomic E-state index is 13.1. The monoisotopic (exact) mass is 454 g/mol. The van der Waals surface area contributed by atoms with Gasteiger partial charge in [-0.3, -0.25) is 14.3 Å². The molecule has 0 saturated heterocycles. The van der Waals surface area contributed by atoms with Gasteiger partial charge in [-0.25, -0.2) is 0 Å². The topological polar surface area (TPSA) is 58.4 Å². The van der Waals surface area contributed by atoms with Crippen LogP contribution >= 0.6 is 0 Å². The van der Waals surface area contributed by atoms with Crippen LogP contribution in [-0.2, 0) is 32.2 Å².